The average molecular weight is 427 g/mol. The van der Waals surface area contributed by atoms with E-state index in [9.17, 15) is 9.90 Å². The summed E-state index contributed by atoms with van der Waals surface area (Å²) < 4.78 is 11.9. The number of ether oxygens (including phenoxy) is 2. The first-order valence-electron chi connectivity index (χ1n) is 11.2. The van der Waals surface area contributed by atoms with Crippen molar-refractivity contribution in [1.29, 1.82) is 0 Å². The zero-order valence-electron chi connectivity index (χ0n) is 18.1. The van der Waals surface area contributed by atoms with Crippen LogP contribution in [0.15, 0.2) is 48.5 Å². The van der Waals surface area contributed by atoms with Crippen LogP contribution >= 0.6 is 0 Å². The van der Waals surface area contributed by atoms with Gasteiger partial charge in [0.25, 0.3) is 5.91 Å². The number of phenolic OH excluding ortho intramolecular Hbond substituents is 1. The maximum atomic E-state index is 13.1. The van der Waals surface area contributed by atoms with Gasteiger partial charge in [0.2, 0.25) is 0 Å². The van der Waals surface area contributed by atoms with E-state index in [4.69, 9.17) is 9.47 Å². The molecule has 0 saturated carbocycles. The fraction of sp³-hybridized carbons (Fsp3) is 0.458. The number of phenols is 1. The van der Waals surface area contributed by atoms with Crippen LogP contribution in [0.25, 0.3) is 0 Å². The zero-order chi connectivity index (χ0) is 21.6. The number of amides is 1. The number of carbonyl (C=O) groups excluding carboxylic acids is 1. The van der Waals surface area contributed by atoms with Gasteiger partial charge >= 0.3 is 0 Å². The summed E-state index contributed by atoms with van der Waals surface area (Å²) in [4.78, 5) is 18.5. The van der Waals surface area contributed by atoms with E-state index in [2.05, 4.69) is 11.8 Å². The van der Waals surface area contributed by atoms with E-state index in [0.717, 1.165) is 56.3 Å². The lowest BCUT2D eigenvalue weighted by molar-refractivity contribution is -0.892. The Morgan fingerprint density at radius 1 is 1.13 bits per heavy atom. The number of para-hydroxylation sites is 4. The van der Waals surface area contributed by atoms with Crippen LogP contribution in [-0.4, -0.2) is 74.4 Å². The molecule has 2 aliphatic heterocycles. The molecule has 0 spiro atoms. The van der Waals surface area contributed by atoms with Crippen LogP contribution in [0, 0.1) is 0 Å². The predicted molar refractivity (Wildman–Crippen MR) is 119 cm³/mol. The van der Waals surface area contributed by atoms with Crippen LogP contribution in [-0.2, 0) is 4.79 Å². The van der Waals surface area contributed by atoms with Crippen molar-refractivity contribution in [1.82, 2.24) is 4.90 Å². The Morgan fingerprint density at radius 2 is 1.84 bits per heavy atom. The zero-order valence-corrected chi connectivity index (χ0v) is 18.1. The van der Waals surface area contributed by atoms with Crippen molar-refractivity contribution in [2.75, 3.05) is 57.3 Å². The standard InChI is InChI=1S/C24H31N3O4/c1-2-11-27(16-19-18-30-22-9-5-6-10-23(22)31-19)24(29)17-25-12-14-26(15-13-25)20-7-3-4-8-21(20)28/h3-10,19,28H,2,11-18H2,1H3/p+1/t19-/m0/s1. The number of nitrogens with zero attached hydrogens (tertiary/aromatic N) is 2. The highest BCUT2D eigenvalue weighted by Gasteiger charge is 2.29. The average Bonchev–Trinajstić information content (AvgIpc) is 2.80. The molecule has 7 nitrogen and oxygen atoms in total. The number of quaternary nitrogens is 1. The Hall–Kier alpha value is -2.93. The molecule has 0 aliphatic carbocycles. The van der Waals surface area contributed by atoms with Gasteiger partial charge in [-0.2, -0.15) is 0 Å². The maximum absolute atomic E-state index is 13.1. The van der Waals surface area contributed by atoms with Gasteiger partial charge in [-0.15, -0.1) is 0 Å². The third-order valence-corrected chi connectivity index (χ3v) is 5.93. The van der Waals surface area contributed by atoms with Crippen LogP contribution in [0.1, 0.15) is 13.3 Å². The van der Waals surface area contributed by atoms with E-state index in [0.29, 0.717) is 25.4 Å². The van der Waals surface area contributed by atoms with Gasteiger partial charge in [-0.25, -0.2) is 0 Å². The Balaban J connectivity index is 1.30. The van der Waals surface area contributed by atoms with Crippen LogP contribution in [0.4, 0.5) is 5.69 Å². The largest absolute Gasteiger partial charge is 0.506 e. The lowest BCUT2D eigenvalue weighted by Gasteiger charge is -2.35. The van der Waals surface area contributed by atoms with Crippen molar-refractivity contribution in [3.8, 4) is 17.2 Å². The molecule has 31 heavy (non-hydrogen) atoms. The van der Waals surface area contributed by atoms with Gasteiger partial charge in [-0.1, -0.05) is 31.2 Å². The number of fused-ring (bicyclic) bond motifs is 1. The third-order valence-electron chi connectivity index (χ3n) is 5.93. The van der Waals surface area contributed by atoms with Crippen LogP contribution < -0.4 is 19.3 Å². The van der Waals surface area contributed by atoms with E-state index in [-0.39, 0.29) is 12.0 Å². The van der Waals surface area contributed by atoms with Crippen LogP contribution in [0.2, 0.25) is 0 Å². The molecular weight excluding hydrogens is 394 g/mol. The topological polar surface area (TPSA) is 66.7 Å². The molecule has 0 radical (unpaired) electrons. The van der Waals surface area contributed by atoms with E-state index >= 15 is 0 Å². The molecule has 1 saturated heterocycles. The Kier molecular flexibility index (Phi) is 6.82. The maximum Gasteiger partial charge on any atom is 0.277 e. The second-order valence-electron chi connectivity index (χ2n) is 8.24. The van der Waals surface area contributed by atoms with Crippen molar-refractivity contribution in [3.63, 3.8) is 0 Å². The number of anilines is 1. The molecule has 1 fully saturated rings. The number of benzene rings is 2. The summed E-state index contributed by atoms with van der Waals surface area (Å²) in [6, 6.07) is 15.1. The van der Waals surface area contributed by atoms with Crippen molar-refractivity contribution >= 4 is 11.6 Å². The molecular formula is C24H32N3O4+. The van der Waals surface area contributed by atoms with Crippen LogP contribution in [0.5, 0.6) is 17.2 Å². The summed E-state index contributed by atoms with van der Waals surface area (Å²) in [5.41, 5.74) is 0.871. The molecule has 2 aliphatic rings. The second-order valence-corrected chi connectivity index (χ2v) is 8.24. The predicted octanol–water partition coefficient (Wildman–Crippen LogP) is 1.18. The van der Waals surface area contributed by atoms with Crippen molar-refractivity contribution < 1.29 is 24.3 Å². The van der Waals surface area contributed by atoms with E-state index in [1.165, 1.54) is 4.90 Å². The summed E-state index contributed by atoms with van der Waals surface area (Å²) in [6.07, 6.45) is 0.755. The first-order valence-corrected chi connectivity index (χ1v) is 11.2. The Bertz CT molecular complexity index is 883. The Labute approximate surface area is 183 Å². The molecule has 166 valence electrons. The molecule has 2 heterocycles. The minimum atomic E-state index is -0.154. The number of piperazine rings is 1. The number of rotatable bonds is 7. The summed E-state index contributed by atoms with van der Waals surface area (Å²) in [5, 5.41) is 10.1. The van der Waals surface area contributed by atoms with Crippen molar-refractivity contribution in [3.05, 3.63) is 48.5 Å². The van der Waals surface area contributed by atoms with Gasteiger partial charge in [-0.3, -0.25) is 4.79 Å². The molecule has 1 amide bonds. The van der Waals surface area contributed by atoms with Gasteiger partial charge in [0.15, 0.2) is 24.1 Å². The monoisotopic (exact) mass is 426 g/mol. The summed E-state index contributed by atoms with van der Waals surface area (Å²) >= 11 is 0. The fourth-order valence-electron chi connectivity index (χ4n) is 4.28. The molecule has 7 heteroatoms. The molecule has 1 atom stereocenters. The van der Waals surface area contributed by atoms with Gasteiger partial charge in [0.1, 0.15) is 12.4 Å². The SMILES string of the molecule is CCCN(C[C@H]1COc2ccccc2O1)C(=O)C[NH+]1CCN(c2ccccc2O)CC1. The van der Waals surface area contributed by atoms with Gasteiger partial charge < -0.3 is 29.3 Å². The minimum Gasteiger partial charge on any atom is -0.506 e. The number of carbonyl (C=O) groups is 1. The minimum absolute atomic E-state index is 0.154. The lowest BCUT2D eigenvalue weighted by Crippen LogP contribution is -3.16. The van der Waals surface area contributed by atoms with Gasteiger partial charge in [-0.05, 0) is 30.7 Å². The Morgan fingerprint density at radius 3 is 2.58 bits per heavy atom. The normalized spacial score (nSPS) is 18.6. The quantitative estimate of drug-likeness (QED) is 0.696. The molecule has 2 N–H and O–H groups in total. The highest BCUT2D eigenvalue weighted by molar-refractivity contribution is 5.77. The van der Waals surface area contributed by atoms with E-state index in [1.54, 1.807) is 6.07 Å². The number of aromatic hydroxyl groups is 1. The lowest BCUT2D eigenvalue weighted by atomic mass is 10.2. The smallest absolute Gasteiger partial charge is 0.277 e. The molecule has 0 bridgehead atoms. The van der Waals surface area contributed by atoms with Gasteiger partial charge in [0.05, 0.1) is 38.4 Å². The molecule has 2 aromatic rings. The number of nitrogens with one attached hydrogen (secondary N) is 1. The van der Waals surface area contributed by atoms with Crippen LogP contribution in [0.3, 0.4) is 0 Å². The first-order chi connectivity index (χ1) is 15.1. The summed E-state index contributed by atoms with van der Waals surface area (Å²) in [5.74, 6) is 1.98. The summed E-state index contributed by atoms with van der Waals surface area (Å²) in [6.45, 7) is 7.68. The highest BCUT2D eigenvalue weighted by atomic mass is 16.6. The summed E-state index contributed by atoms with van der Waals surface area (Å²) in [7, 11) is 0. The second kappa shape index (κ2) is 9.92. The van der Waals surface area contributed by atoms with E-state index < -0.39 is 0 Å². The van der Waals surface area contributed by atoms with Crippen molar-refractivity contribution in [2.24, 2.45) is 0 Å². The first kappa shape index (κ1) is 21.3. The fourth-order valence-corrected chi connectivity index (χ4v) is 4.28. The third kappa shape index (κ3) is 5.22. The highest BCUT2D eigenvalue weighted by Crippen LogP contribution is 2.31. The molecule has 2 aromatic carbocycles. The molecule has 0 aromatic heterocycles. The number of hydrogen-bond acceptors (Lipinski definition) is 5. The number of hydrogen-bond donors (Lipinski definition) is 2. The molecule has 4 rings (SSSR count). The molecule has 0 unspecified atom stereocenters. The van der Waals surface area contributed by atoms with Gasteiger partial charge in [0, 0.05) is 6.54 Å². The van der Waals surface area contributed by atoms with E-state index in [1.807, 2.05) is 47.4 Å². The van der Waals surface area contributed by atoms with Crippen molar-refractivity contribution in [2.45, 2.75) is 19.4 Å².